The third-order valence-corrected chi connectivity index (χ3v) is 3.23. The molecule has 0 saturated carbocycles. The molecule has 0 spiro atoms. The van der Waals surface area contributed by atoms with E-state index in [4.69, 9.17) is 5.11 Å². The lowest BCUT2D eigenvalue weighted by Gasteiger charge is -2.37. The van der Waals surface area contributed by atoms with Crippen molar-refractivity contribution in [2.24, 2.45) is 11.3 Å². The van der Waals surface area contributed by atoms with Crippen LogP contribution in [0.25, 0.3) is 0 Å². The van der Waals surface area contributed by atoms with Crippen molar-refractivity contribution < 1.29 is 15.3 Å². The van der Waals surface area contributed by atoms with Crippen LogP contribution < -0.4 is 0 Å². The normalized spacial score (nSPS) is 24.4. The molecule has 15 heavy (non-hydrogen) atoms. The summed E-state index contributed by atoms with van der Waals surface area (Å²) >= 11 is 0. The molecule has 0 aromatic carbocycles. The highest BCUT2D eigenvalue weighted by Crippen LogP contribution is 2.21. The summed E-state index contributed by atoms with van der Waals surface area (Å²) in [6, 6.07) is 0. The molecule has 0 aromatic heterocycles. The van der Waals surface area contributed by atoms with Gasteiger partial charge in [0, 0.05) is 25.1 Å². The zero-order chi connectivity index (χ0) is 11.3. The van der Waals surface area contributed by atoms with Crippen LogP contribution in [0.1, 0.15) is 19.8 Å². The molecule has 0 aliphatic carbocycles. The molecule has 0 radical (unpaired) electrons. The van der Waals surface area contributed by atoms with Gasteiger partial charge in [-0.25, -0.2) is 0 Å². The fourth-order valence-electron chi connectivity index (χ4n) is 2.13. The summed E-state index contributed by atoms with van der Waals surface area (Å²) in [5.41, 5.74) is -0.419. The third-order valence-electron chi connectivity index (χ3n) is 3.23. The van der Waals surface area contributed by atoms with Crippen molar-refractivity contribution in [2.75, 3.05) is 39.5 Å². The third kappa shape index (κ3) is 3.72. The van der Waals surface area contributed by atoms with Crippen LogP contribution in [-0.2, 0) is 0 Å². The average molecular weight is 217 g/mol. The molecule has 3 N–H and O–H groups in total. The van der Waals surface area contributed by atoms with Gasteiger partial charge in [-0.15, -0.1) is 0 Å². The molecule has 4 heteroatoms. The van der Waals surface area contributed by atoms with Crippen molar-refractivity contribution >= 4 is 0 Å². The molecular formula is C11H23NO3. The number of piperidine rings is 1. The molecule has 1 aliphatic rings. The lowest BCUT2D eigenvalue weighted by Crippen LogP contribution is -2.45. The van der Waals surface area contributed by atoms with Gasteiger partial charge in [0.25, 0.3) is 0 Å². The molecule has 0 bridgehead atoms. The smallest absolute Gasteiger partial charge is 0.0519 e. The SMILES string of the molecule is CC(CO)(CO)CN1CCCC(CO)C1. The van der Waals surface area contributed by atoms with Crippen molar-refractivity contribution in [3.63, 3.8) is 0 Å². The highest BCUT2D eigenvalue weighted by atomic mass is 16.3. The molecule has 1 heterocycles. The van der Waals surface area contributed by atoms with Gasteiger partial charge in [-0.3, -0.25) is 0 Å². The summed E-state index contributed by atoms with van der Waals surface area (Å²) in [6.07, 6.45) is 2.18. The van der Waals surface area contributed by atoms with E-state index in [0.717, 1.165) is 25.9 Å². The number of nitrogens with zero attached hydrogens (tertiary/aromatic N) is 1. The predicted molar refractivity (Wildman–Crippen MR) is 58.5 cm³/mol. The van der Waals surface area contributed by atoms with Crippen molar-refractivity contribution in [3.8, 4) is 0 Å². The van der Waals surface area contributed by atoms with Gasteiger partial charge < -0.3 is 20.2 Å². The summed E-state index contributed by atoms with van der Waals surface area (Å²) in [5.74, 6) is 0.361. The minimum absolute atomic E-state index is 0.00376. The molecule has 4 nitrogen and oxygen atoms in total. The van der Waals surface area contributed by atoms with Crippen LogP contribution >= 0.6 is 0 Å². The van der Waals surface area contributed by atoms with Crippen LogP contribution in [-0.4, -0.2) is 59.7 Å². The summed E-state index contributed by atoms with van der Waals surface area (Å²) in [4.78, 5) is 2.23. The first-order valence-corrected chi connectivity index (χ1v) is 5.68. The molecule has 1 rings (SSSR count). The van der Waals surface area contributed by atoms with E-state index in [1.54, 1.807) is 0 Å². The molecular weight excluding hydrogens is 194 g/mol. The van der Waals surface area contributed by atoms with Crippen LogP contribution in [0.3, 0.4) is 0 Å². The van der Waals surface area contributed by atoms with Gasteiger partial charge in [-0.1, -0.05) is 6.92 Å². The lowest BCUT2D eigenvalue weighted by atomic mass is 9.90. The second kappa shape index (κ2) is 5.80. The average Bonchev–Trinajstić information content (AvgIpc) is 2.29. The Kier molecular flexibility index (Phi) is 4.99. The van der Waals surface area contributed by atoms with E-state index in [0.29, 0.717) is 12.5 Å². The summed E-state index contributed by atoms with van der Waals surface area (Å²) in [6.45, 7) is 4.73. The maximum absolute atomic E-state index is 9.20. The van der Waals surface area contributed by atoms with Crippen molar-refractivity contribution in [1.82, 2.24) is 4.90 Å². The summed E-state index contributed by atoms with van der Waals surface area (Å²) < 4.78 is 0. The maximum atomic E-state index is 9.20. The van der Waals surface area contributed by atoms with Crippen LogP contribution in [0.4, 0.5) is 0 Å². The summed E-state index contributed by atoms with van der Waals surface area (Å²) in [7, 11) is 0. The first-order valence-electron chi connectivity index (χ1n) is 5.68. The van der Waals surface area contributed by atoms with E-state index in [9.17, 15) is 10.2 Å². The Morgan fingerprint density at radius 1 is 1.27 bits per heavy atom. The molecule has 1 aliphatic heterocycles. The molecule has 0 aromatic rings. The van der Waals surface area contributed by atoms with Crippen molar-refractivity contribution in [1.29, 1.82) is 0 Å². The van der Waals surface area contributed by atoms with Crippen LogP contribution in [0.15, 0.2) is 0 Å². The highest BCUT2D eigenvalue weighted by molar-refractivity contribution is 4.80. The Bertz CT molecular complexity index is 183. The van der Waals surface area contributed by atoms with Crippen LogP contribution in [0, 0.1) is 11.3 Å². The zero-order valence-electron chi connectivity index (χ0n) is 9.52. The molecule has 1 saturated heterocycles. The van der Waals surface area contributed by atoms with Gasteiger partial charge in [0.15, 0.2) is 0 Å². The van der Waals surface area contributed by atoms with Gasteiger partial charge in [0.1, 0.15) is 0 Å². The van der Waals surface area contributed by atoms with Crippen LogP contribution in [0.2, 0.25) is 0 Å². The molecule has 0 amide bonds. The van der Waals surface area contributed by atoms with E-state index >= 15 is 0 Å². The molecule has 1 fully saturated rings. The second-order valence-electron chi connectivity index (χ2n) is 5.05. The number of aliphatic hydroxyl groups is 3. The monoisotopic (exact) mass is 217 g/mol. The van der Waals surface area contributed by atoms with Crippen molar-refractivity contribution in [3.05, 3.63) is 0 Å². The predicted octanol–water partition coefficient (Wildman–Crippen LogP) is -0.318. The zero-order valence-corrected chi connectivity index (χ0v) is 9.52. The summed E-state index contributed by atoms with van der Waals surface area (Å²) in [5, 5.41) is 27.5. The molecule has 1 atom stereocenters. The second-order valence-corrected chi connectivity index (χ2v) is 5.05. The van der Waals surface area contributed by atoms with E-state index in [-0.39, 0.29) is 19.8 Å². The lowest BCUT2D eigenvalue weighted by molar-refractivity contribution is 0.0167. The minimum atomic E-state index is -0.419. The Hall–Kier alpha value is -0.160. The Morgan fingerprint density at radius 2 is 1.93 bits per heavy atom. The van der Waals surface area contributed by atoms with Crippen molar-refractivity contribution in [2.45, 2.75) is 19.8 Å². The van der Waals surface area contributed by atoms with E-state index in [1.165, 1.54) is 0 Å². The number of aliphatic hydroxyl groups excluding tert-OH is 3. The highest BCUT2D eigenvalue weighted by Gasteiger charge is 2.28. The minimum Gasteiger partial charge on any atom is -0.396 e. The fraction of sp³-hybridized carbons (Fsp3) is 1.00. The maximum Gasteiger partial charge on any atom is 0.0519 e. The number of hydrogen-bond donors (Lipinski definition) is 3. The number of rotatable bonds is 5. The van der Waals surface area contributed by atoms with E-state index < -0.39 is 5.41 Å². The van der Waals surface area contributed by atoms with Gasteiger partial charge in [-0.2, -0.15) is 0 Å². The van der Waals surface area contributed by atoms with Gasteiger partial charge >= 0.3 is 0 Å². The first-order chi connectivity index (χ1) is 7.13. The molecule has 1 unspecified atom stereocenters. The van der Waals surface area contributed by atoms with Gasteiger partial charge in [0.05, 0.1) is 13.2 Å². The van der Waals surface area contributed by atoms with Gasteiger partial charge in [-0.05, 0) is 25.3 Å². The Balaban J connectivity index is 2.43. The topological polar surface area (TPSA) is 63.9 Å². The number of likely N-dealkylation sites (tertiary alicyclic amines) is 1. The Morgan fingerprint density at radius 3 is 2.47 bits per heavy atom. The standard InChI is InChI=1S/C11H23NO3/c1-11(8-14,9-15)7-12-4-2-3-10(5-12)6-13/h10,13-15H,2-9H2,1H3. The quantitative estimate of drug-likeness (QED) is 0.590. The van der Waals surface area contributed by atoms with Crippen LogP contribution in [0.5, 0.6) is 0 Å². The Labute approximate surface area is 91.5 Å². The van der Waals surface area contributed by atoms with E-state index in [2.05, 4.69) is 4.90 Å². The van der Waals surface area contributed by atoms with Gasteiger partial charge in [0.2, 0.25) is 0 Å². The van der Waals surface area contributed by atoms with E-state index in [1.807, 2.05) is 6.92 Å². The molecule has 90 valence electrons. The first kappa shape index (κ1) is 12.9. The fourth-order valence-corrected chi connectivity index (χ4v) is 2.13. The largest absolute Gasteiger partial charge is 0.396 e. The number of hydrogen-bond acceptors (Lipinski definition) is 4.